The molecule has 2 aromatic carbocycles. The van der Waals surface area contributed by atoms with Gasteiger partial charge in [-0.1, -0.05) is 12.1 Å². The third-order valence-electron chi connectivity index (χ3n) is 4.60. The number of nitrogens with one attached hydrogen (secondary N) is 1. The highest BCUT2D eigenvalue weighted by molar-refractivity contribution is 6.09. The molecule has 0 atom stereocenters. The van der Waals surface area contributed by atoms with Crippen LogP contribution in [0.4, 0.5) is 0 Å². The molecule has 2 heterocycles. The number of benzene rings is 2. The summed E-state index contributed by atoms with van der Waals surface area (Å²) in [7, 11) is 1.62. The molecule has 0 spiro atoms. The maximum Gasteiger partial charge on any atom is 0.288 e. The Morgan fingerprint density at radius 3 is 2.69 bits per heavy atom. The number of rotatable bonds is 3. The lowest BCUT2D eigenvalue weighted by Crippen LogP contribution is -2.14. The largest absolute Gasteiger partial charge is 0.497 e. The number of ether oxygens (including phenoxy) is 1. The number of hydrogen-bond acceptors (Lipinski definition) is 4. The summed E-state index contributed by atoms with van der Waals surface area (Å²) in [5, 5.41) is 17.4. The molecule has 0 aliphatic rings. The van der Waals surface area contributed by atoms with Crippen LogP contribution < -0.4 is 10.3 Å². The molecule has 0 aliphatic heterocycles. The van der Waals surface area contributed by atoms with Gasteiger partial charge in [0.25, 0.3) is 5.56 Å². The van der Waals surface area contributed by atoms with Crippen molar-refractivity contribution in [3.63, 3.8) is 0 Å². The van der Waals surface area contributed by atoms with E-state index < -0.39 is 0 Å². The molecule has 0 amide bonds. The number of aromatic amines is 1. The second-order valence-corrected chi connectivity index (χ2v) is 6.14. The van der Waals surface area contributed by atoms with Gasteiger partial charge in [0.1, 0.15) is 11.3 Å². The number of nitriles is 1. The van der Waals surface area contributed by atoms with Gasteiger partial charge in [0.2, 0.25) is 0 Å². The zero-order valence-corrected chi connectivity index (χ0v) is 14.4. The first-order valence-electron chi connectivity index (χ1n) is 8.16. The van der Waals surface area contributed by atoms with E-state index in [0.29, 0.717) is 17.6 Å². The average Bonchev–Trinajstić information content (AvgIpc) is 3.00. The van der Waals surface area contributed by atoms with Crippen LogP contribution in [0.25, 0.3) is 21.8 Å². The van der Waals surface area contributed by atoms with Gasteiger partial charge in [0.05, 0.1) is 24.4 Å². The molecule has 128 valence electrons. The van der Waals surface area contributed by atoms with Gasteiger partial charge in [0.15, 0.2) is 0 Å². The maximum atomic E-state index is 12.6. The van der Waals surface area contributed by atoms with Gasteiger partial charge in [-0.05, 0) is 42.8 Å². The van der Waals surface area contributed by atoms with Crippen molar-refractivity contribution < 1.29 is 4.74 Å². The fraction of sp³-hybridized carbons (Fsp3) is 0.150. The molecule has 0 saturated carbocycles. The number of H-pyrrole nitrogens is 1. The highest BCUT2D eigenvalue weighted by Crippen LogP contribution is 2.31. The van der Waals surface area contributed by atoms with E-state index in [4.69, 9.17) is 10.00 Å². The lowest BCUT2D eigenvalue weighted by Gasteiger charge is -2.08. The predicted molar refractivity (Wildman–Crippen MR) is 99.4 cm³/mol. The molecule has 0 bridgehead atoms. The predicted octanol–water partition coefficient (Wildman–Crippen LogP) is 3.11. The minimum Gasteiger partial charge on any atom is -0.497 e. The molecule has 0 saturated heterocycles. The molecule has 1 N–H and O–H groups in total. The first-order valence-corrected chi connectivity index (χ1v) is 8.16. The van der Waals surface area contributed by atoms with Crippen LogP contribution in [-0.2, 0) is 6.54 Å². The number of fused-ring (bicyclic) bond motifs is 3. The van der Waals surface area contributed by atoms with E-state index >= 15 is 0 Å². The highest BCUT2D eigenvalue weighted by Gasteiger charge is 2.17. The standard InChI is InChI=1S/C20H16N4O2/c1-12-18-16-9-15(26-2)7-8-17(16)24(19(18)20(25)23-22-12)11-14-5-3-13(10-21)4-6-14/h3-9H,11H2,1-2H3,(H,23,25). The number of hydrogen-bond donors (Lipinski definition) is 1. The number of methoxy groups -OCH3 is 1. The van der Waals surface area contributed by atoms with E-state index in [1.54, 1.807) is 19.2 Å². The Labute approximate surface area is 149 Å². The minimum atomic E-state index is -0.227. The molecule has 6 heteroatoms. The maximum absolute atomic E-state index is 12.6. The van der Waals surface area contributed by atoms with E-state index in [1.165, 1.54) is 0 Å². The van der Waals surface area contributed by atoms with Crippen LogP contribution in [0.5, 0.6) is 5.75 Å². The van der Waals surface area contributed by atoms with Crippen LogP contribution in [0.3, 0.4) is 0 Å². The number of aryl methyl sites for hydroxylation is 1. The summed E-state index contributed by atoms with van der Waals surface area (Å²) in [5.74, 6) is 0.731. The van der Waals surface area contributed by atoms with E-state index in [2.05, 4.69) is 16.3 Å². The summed E-state index contributed by atoms with van der Waals surface area (Å²) in [6, 6.07) is 15.3. The minimum absolute atomic E-state index is 0.227. The van der Waals surface area contributed by atoms with Gasteiger partial charge in [-0.3, -0.25) is 4.79 Å². The van der Waals surface area contributed by atoms with Crippen LogP contribution in [0, 0.1) is 18.3 Å². The van der Waals surface area contributed by atoms with Crippen molar-refractivity contribution in [2.24, 2.45) is 0 Å². The van der Waals surface area contributed by atoms with Crippen molar-refractivity contribution in [1.82, 2.24) is 14.8 Å². The Morgan fingerprint density at radius 2 is 2.00 bits per heavy atom. The van der Waals surface area contributed by atoms with E-state index in [9.17, 15) is 4.79 Å². The molecule has 4 rings (SSSR count). The lowest BCUT2D eigenvalue weighted by molar-refractivity contribution is 0.415. The molecule has 0 radical (unpaired) electrons. The zero-order valence-electron chi connectivity index (χ0n) is 14.4. The monoisotopic (exact) mass is 344 g/mol. The summed E-state index contributed by atoms with van der Waals surface area (Å²) in [6.45, 7) is 2.40. The smallest absolute Gasteiger partial charge is 0.288 e. The summed E-state index contributed by atoms with van der Waals surface area (Å²) in [6.07, 6.45) is 0. The summed E-state index contributed by atoms with van der Waals surface area (Å²) >= 11 is 0. The van der Waals surface area contributed by atoms with Crippen molar-refractivity contribution >= 4 is 21.8 Å². The molecular weight excluding hydrogens is 328 g/mol. The number of aromatic nitrogens is 3. The second-order valence-electron chi connectivity index (χ2n) is 6.14. The van der Waals surface area contributed by atoms with Crippen molar-refractivity contribution in [1.29, 1.82) is 5.26 Å². The Balaban J connectivity index is 2.01. The second kappa shape index (κ2) is 6.05. The van der Waals surface area contributed by atoms with Gasteiger partial charge in [-0.25, -0.2) is 5.10 Å². The zero-order chi connectivity index (χ0) is 18.3. The topological polar surface area (TPSA) is 83.7 Å². The van der Waals surface area contributed by atoms with Crippen LogP contribution in [0.2, 0.25) is 0 Å². The summed E-state index contributed by atoms with van der Waals surface area (Å²) in [5.41, 5.74) is 3.67. The first-order chi connectivity index (χ1) is 12.6. The van der Waals surface area contributed by atoms with E-state index in [-0.39, 0.29) is 5.56 Å². The van der Waals surface area contributed by atoms with E-state index in [0.717, 1.165) is 33.3 Å². The van der Waals surface area contributed by atoms with Crippen LogP contribution in [-0.4, -0.2) is 21.9 Å². The Bertz CT molecular complexity index is 1230. The first kappa shape index (κ1) is 15.9. The van der Waals surface area contributed by atoms with Crippen LogP contribution in [0.1, 0.15) is 16.8 Å². The quantitative estimate of drug-likeness (QED) is 0.619. The van der Waals surface area contributed by atoms with Gasteiger partial charge >= 0.3 is 0 Å². The fourth-order valence-electron chi connectivity index (χ4n) is 3.34. The molecule has 4 aromatic rings. The van der Waals surface area contributed by atoms with Gasteiger partial charge in [-0.2, -0.15) is 10.4 Å². The molecule has 0 unspecified atom stereocenters. The van der Waals surface area contributed by atoms with Crippen molar-refractivity contribution in [3.8, 4) is 11.8 Å². The normalized spacial score (nSPS) is 11.0. The molecule has 0 fully saturated rings. The molecule has 6 nitrogen and oxygen atoms in total. The molecule has 2 aromatic heterocycles. The highest BCUT2D eigenvalue weighted by atomic mass is 16.5. The lowest BCUT2D eigenvalue weighted by atomic mass is 10.1. The Hall–Kier alpha value is -3.59. The average molecular weight is 344 g/mol. The fourth-order valence-corrected chi connectivity index (χ4v) is 3.34. The van der Waals surface area contributed by atoms with Crippen LogP contribution in [0.15, 0.2) is 47.3 Å². The van der Waals surface area contributed by atoms with Crippen molar-refractivity contribution in [3.05, 3.63) is 69.6 Å². The third kappa shape index (κ3) is 2.42. The number of nitrogens with zero attached hydrogens (tertiary/aromatic N) is 3. The Kier molecular flexibility index (Phi) is 3.70. The molecule has 0 aliphatic carbocycles. The molecule has 26 heavy (non-hydrogen) atoms. The summed E-state index contributed by atoms with van der Waals surface area (Å²) < 4.78 is 7.33. The Morgan fingerprint density at radius 1 is 1.23 bits per heavy atom. The third-order valence-corrected chi connectivity index (χ3v) is 4.60. The summed E-state index contributed by atoms with van der Waals surface area (Å²) in [4.78, 5) is 12.6. The van der Waals surface area contributed by atoms with Crippen molar-refractivity contribution in [2.45, 2.75) is 13.5 Å². The van der Waals surface area contributed by atoms with Gasteiger partial charge < -0.3 is 9.30 Å². The van der Waals surface area contributed by atoms with Gasteiger partial charge in [-0.15, -0.1) is 0 Å². The van der Waals surface area contributed by atoms with Gasteiger partial charge in [0, 0.05) is 22.8 Å². The van der Waals surface area contributed by atoms with Crippen LogP contribution >= 0.6 is 0 Å². The SMILES string of the molecule is COc1ccc2c(c1)c1c(C)n[nH]c(=O)c1n2Cc1ccc(C#N)cc1. The van der Waals surface area contributed by atoms with Crippen molar-refractivity contribution in [2.75, 3.05) is 7.11 Å². The molecular formula is C20H16N4O2. The van der Waals surface area contributed by atoms with E-state index in [1.807, 2.05) is 41.8 Å².